The molecule has 0 saturated carbocycles. The van der Waals surface area contributed by atoms with E-state index in [0.717, 1.165) is 29.9 Å². The van der Waals surface area contributed by atoms with Gasteiger partial charge >= 0.3 is 0 Å². The highest BCUT2D eigenvalue weighted by Gasteiger charge is 2.47. The van der Waals surface area contributed by atoms with Crippen molar-refractivity contribution in [3.05, 3.63) is 252 Å². The highest BCUT2D eigenvalue weighted by Crippen LogP contribution is 2.57. The first kappa shape index (κ1) is 38.6. The number of thiophene rings is 1. The number of fused-ring (bicyclic) bond motifs is 7. The monoisotopic (exact) mass is 825 g/mol. The van der Waals surface area contributed by atoms with Gasteiger partial charge in [0.2, 0.25) is 0 Å². The molecule has 0 spiro atoms. The fraction of sp³-hybridized carbons (Fsp3) is 0.0820. The standard InChI is InChI=1S/C59H41NS.C2H6/c1-3-14-40(15-4-1)41-26-33-46(34-27-41)60(47-35-28-43(29-36-47)50-22-13-23-53-54-39-30-42-16-7-8-19-49(42)58(54)61-57(50)53)48-37-31-45(32-38-48)59(44-17-5-2-6-18-44)55-24-11-9-20-51(55)52-21-10-12-25-56(52)59;1-2/h1-11,13-24,26-39H,12,25H2;1-2H3. The van der Waals surface area contributed by atoms with Gasteiger partial charge in [0.25, 0.3) is 0 Å². The van der Waals surface area contributed by atoms with E-state index < -0.39 is 0 Å². The molecule has 2 aliphatic rings. The molecule has 2 heteroatoms. The molecule has 0 bridgehead atoms. The average Bonchev–Trinajstić information content (AvgIpc) is 3.91. The Morgan fingerprint density at radius 3 is 1.73 bits per heavy atom. The van der Waals surface area contributed by atoms with Crippen molar-refractivity contribution in [2.45, 2.75) is 32.1 Å². The summed E-state index contributed by atoms with van der Waals surface area (Å²) in [5.41, 5.74) is 16.1. The number of nitrogens with zero attached hydrogens (tertiary/aromatic N) is 1. The van der Waals surface area contributed by atoms with Crippen LogP contribution in [0, 0.1) is 0 Å². The molecule has 1 nitrogen and oxygen atoms in total. The first-order chi connectivity index (χ1) is 31.3. The normalized spacial score (nSPS) is 15.3. The molecule has 0 saturated heterocycles. The summed E-state index contributed by atoms with van der Waals surface area (Å²) in [5.74, 6) is 0. The lowest BCUT2D eigenvalue weighted by Crippen LogP contribution is -2.30. The summed E-state index contributed by atoms with van der Waals surface area (Å²) in [5, 5.41) is 5.25. The van der Waals surface area contributed by atoms with Crippen molar-refractivity contribution >= 4 is 64.9 Å². The Bertz CT molecular complexity index is 3320. The van der Waals surface area contributed by atoms with Crippen LogP contribution in [0.3, 0.4) is 0 Å². The van der Waals surface area contributed by atoms with Crippen LogP contribution >= 0.6 is 11.3 Å². The molecule has 63 heavy (non-hydrogen) atoms. The molecule has 1 heterocycles. The van der Waals surface area contributed by atoms with E-state index in [1.807, 2.05) is 25.2 Å². The molecule has 1 atom stereocenters. The van der Waals surface area contributed by atoms with Gasteiger partial charge in [-0.1, -0.05) is 202 Å². The van der Waals surface area contributed by atoms with Crippen LogP contribution in [0.2, 0.25) is 0 Å². The van der Waals surface area contributed by atoms with E-state index in [1.54, 1.807) is 0 Å². The highest BCUT2D eigenvalue weighted by atomic mass is 32.1. The van der Waals surface area contributed by atoms with Gasteiger partial charge in [-0.2, -0.15) is 0 Å². The maximum atomic E-state index is 2.40. The van der Waals surface area contributed by atoms with Gasteiger partial charge in [-0.25, -0.2) is 0 Å². The Hall–Kier alpha value is -7.26. The van der Waals surface area contributed by atoms with Crippen molar-refractivity contribution in [2.75, 3.05) is 4.90 Å². The fourth-order valence-electron chi connectivity index (χ4n) is 10.3. The highest BCUT2D eigenvalue weighted by molar-refractivity contribution is 7.27. The largest absolute Gasteiger partial charge is 0.311 e. The lowest BCUT2D eigenvalue weighted by Gasteiger charge is -2.37. The van der Waals surface area contributed by atoms with Crippen LogP contribution in [0.1, 0.15) is 48.9 Å². The number of rotatable bonds is 7. The third kappa shape index (κ3) is 6.36. The van der Waals surface area contributed by atoms with E-state index in [0.29, 0.717) is 0 Å². The average molecular weight is 826 g/mol. The van der Waals surface area contributed by atoms with Crippen LogP contribution in [0.5, 0.6) is 0 Å². The van der Waals surface area contributed by atoms with Crippen LogP contribution < -0.4 is 4.90 Å². The zero-order valence-electron chi connectivity index (χ0n) is 35.6. The van der Waals surface area contributed by atoms with Crippen molar-refractivity contribution in [1.82, 2.24) is 0 Å². The molecule has 0 amide bonds. The Labute approximate surface area is 374 Å². The van der Waals surface area contributed by atoms with Gasteiger partial charge in [0, 0.05) is 37.2 Å². The molecule has 1 aromatic heterocycles. The van der Waals surface area contributed by atoms with Crippen molar-refractivity contribution < 1.29 is 0 Å². The maximum Gasteiger partial charge on any atom is 0.0676 e. The predicted octanol–water partition coefficient (Wildman–Crippen LogP) is 17.5. The zero-order chi connectivity index (χ0) is 42.3. The second kappa shape index (κ2) is 16.2. The summed E-state index contributed by atoms with van der Waals surface area (Å²) in [7, 11) is 0. The van der Waals surface area contributed by atoms with Crippen LogP contribution in [0.4, 0.5) is 17.1 Å². The molecule has 0 N–H and O–H groups in total. The molecule has 10 aromatic rings. The van der Waals surface area contributed by atoms with Gasteiger partial charge in [-0.05, 0) is 116 Å². The topological polar surface area (TPSA) is 3.24 Å². The SMILES string of the molecule is C1=CC2=C(CC1)C(c1ccccc1)(c1ccc(N(c3ccc(-c4ccccc4)cc3)c3ccc(-c4cccc5c4sc4c6ccccc6ccc54)cc3)cc1)c1ccccc12.CC. The summed E-state index contributed by atoms with van der Waals surface area (Å²) < 4.78 is 2.69. The summed E-state index contributed by atoms with van der Waals surface area (Å²) in [6, 6.07) is 78.6. The second-order valence-electron chi connectivity index (χ2n) is 16.3. The Balaban J connectivity index is 0.00000219. The van der Waals surface area contributed by atoms with Crippen molar-refractivity contribution in [1.29, 1.82) is 0 Å². The first-order valence-corrected chi connectivity index (χ1v) is 23.1. The van der Waals surface area contributed by atoms with E-state index in [-0.39, 0.29) is 5.41 Å². The minimum Gasteiger partial charge on any atom is -0.311 e. The second-order valence-corrected chi connectivity index (χ2v) is 17.3. The molecule has 302 valence electrons. The third-order valence-electron chi connectivity index (χ3n) is 13.1. The molecule has 1 unspecified atom stereocenters. The van der Waals surface area contributed by atoms with E-state index in [4.69, 9.17) is 0 Å². The van der Waals surface area contributed by atoms with Gasteiger partial charge in [0.15, 0.2) is 0 Å². The van der Waals surface area contributed by atoms with E-state index in [2.05, 4.69) is 229 Å². The number of hydrogen-bond donors (Lipinski definition) is 0. The van der Waals surface area contributed by atoms with Crippen LogP contribution in [0.25, 0.3) is 58.8 Å². The lowest BCUT2D eigenvalue weighted by molar-refractivity contribution is 0.696. The van der Waals surface area contributed by atoms with Gasteiger partial charge in [0.1, 0.15) is 0 Å². The Morgan fingerprint density at radius 2 is 0.984 bits per heavy atom. The Kier molecular flexibility index (Phi) is 9.95. The summed E-state index contributed by atoms with van der Waals surface area (Å²) >= 11 is 1.91. The molecule has 9 aromatic carbocycles. The quantitative estimate of drug-likeness (QED) is 0.155. The molecule has 0 aliphatic heterocycles. The van der Waals surface area contributed by atoms with Gasteiger partial charge < -0.3 is 4.90 Å². The number of allylic oxidation sites excluding steroid dienone is 4. The molecular weight excluding hydrogens is 779 g/mol. The van der Waals surface area contributed by atoms with Gasteiger partial charge in [-0.3, -0.25) is 0 Å². The first-order valence-electron chi connectivity index (χ1n) is 22.3. The van der Waals surface area contributed by atoms with Gasteiger partial charge in [-0.15, -0.1) is 11.3 Å². The molecule has 0 radical (unpaired) electrons. The van der Waals surface area contributed by atoms with E-state index in [1.165, 1.54) is 86.6 Å². The Morgan fingerprint density at radius 1 is 0.429 bits per heavy atom. The minimum atomic E-state index is -0.361. The van der Waals surface area contributed by atoms with Crippen LogP contribution in [0.15, 0.2) is 230 Å². The number of hydrogen-bond acceptors (Lipinski definition) is 2. The van der Waals surface area contributed by atoms with Crippen LogP contribution in [-0.2, 0) is 5.41 Å². The van der Waals surface area contributed by atoms with E-state index >= 15 is 0 Å². The molecule has 2 aliphatic carbocycles. The van der Waals surface area contributed by atoms with Crippen molar-refractivity contribution in [3.63, 3.8) is 0 Å². The third-order valence-corrected chi connectivity index (χ3v) is 14.4. The van der Waals surface area contributed by atoms with Crippen molar-refractivity contribution in [3.8, 4) is 22.3 Å². The summed E-state index contributed by atoms with van der Waals surface area (Å²) in [6.07, 6.45) is 6.80. The maximum absolute atomic E-state index is 2.40. The minimum absolute atomic E-state index is 0.361. The van der Waals surface area contributed by atoms with Crippen molar-refractivity contribution in [2.24, 2.45) is 0 Å². The molecule has 0 fully saturated rings. The fourth-order valence-corrected chi connectivity index (χ4v) is 11.7. The number of anilines is 3. The summed E-state index contributed by atoms with van der Waals surface area (Å²) in [4.78, 5) is 2.40. The predicted molar refractivity (Wildman–Crippen MR) is 272 cm³/mol. The van der Waals surface area contributed by atoms with Crippen LogP contribution in [-0.4, -0.2) is 0 Å². The molecular formula is C61H47NS. The summed E-state index contributed by atoms with van der Waals surface area (Å²) in [6.45, 7) is 4.00. The zero-order valence-corrected chi connectivity index (χ0v) is 36.4. The van der Waals surface area contributed by atoms with E-state index in [9.17, 15) is 0 Å². The molecule has 12 rings (SSSR count). The van der Waals surface area contributed by atoms with Gasteiger partial charge in [0.05, 0.1) is 5.41 Å². The lowest BCUT2D eigenvalue weighted by atomic mass is 9.65. The smallest absolute Gasteiger partial charge is 0.0676 e. The number of benzene rings is 9.